The van der Waals surface area contributed by atoms with Crippen molar-refractivity contribution in [2.24, 2.45) is 7.05 Å². The van der Waals surface area contributed by atoms with Gasteiger partial charge in [-0.05, 0) is 42.8 Å². The Hall–Kier alpha value is -3.99. The van der Waals surface area contributed by atoms with Crippen molar-refractivity contribution >= 4 is 29.0 Å². The van der Waals surface area contributed by atoms with Crippen molar-refractivity contribution < 1.29 is 13.9 Å². The second-order valence-electron chi connectivity index (χ2n) is 9.97. The number of carbonyl (C=O) groups excluding carboxylic acids is 1. The molecule has 9 nitrogen and oxygen atoms in total. The molecule has 4 N–H and O–H groups in total. The summed E-state index contributed by atoms with van der Waals surface area (Å²) in [4.78, 5) is 27.4. The Bertz CT molecular complexity index is 1490. The maximum atomic E-state index is 14.3. The van der Waals surface area contributed by atoms with Crippen LogP contribution in [0.25, 0.3) is 0 Å². The van der Waals surface area contributed by atoms with E-state index in [1.165, 1.54) is 22.8 Å². The maximum absolute atomic E-state index is 14.3. The fourth-order valence-corrected chi connectivity index (χ4v) is 4.92. The van der Waals surface area contributed by atoms with Gasteiger partial charge in [-0.15, -0.1) is 0 Å². The van der Waals surface area contributed by atoms with Gasteiger partial charge in [0.15, 0.2) is 0 Å². The van der Waals surface area contributed by atoms with E-state index < -0.39 is 11.8 Å². The Morgan fingerprint density at radius 1 is 1.15 bits per heavy atom. The Morgan fingerprint density at radius 2 is 1.90 bits per heavy atom. The highest BCUT2D eigenvalue weighted by Crippen LogP contribution is 2.30. The van der Waals surface area contributed by atoms with Crippen molar-refractivity contribution in [3.8, 4) is 0 Å². The largest absolute Gasteiger partial charge is 0.383 e. The van der Waals surface area contributed by atoms with Crippen LogP contribution in [0.1, 0.15) is 24.0 Å². The van der Waals surface area contributed by atoms with Crippen LogP contribution >= 0.6 is 11.6 Å². The first-order valence-electron chi connectivity index (χ1n) is 13.2. The number of anilines is 1. The molecule has 0 spiro atoms. The van der Waals surface area contributed by atoms with Crippen molar-refractivity contribution in [2.45, 2.75) is 18.9 Å². The fourth-order valence-electron chi connectivity index (χ4n) is 4.80. The third-order valence-corrected chi connectivity index (χ3v) is 7.41. The lowest BCUT2D eigenvalue weighted by Gasteiger charge is -2.23. The summed E-state index contributed by atoms with van der Waals surface area (Å²) in [6.45, 7) is 4.07. The number of carbonyl (C=O) groups is 1. The lowest BCUT2D eigenvalue weighted by atomic mass is 9.94. The minimum atomic E-state index is -0.507. The van der Waals surface area contributed by atoms with Crippen LogP contribution in [0.3, 0.4) is 0 Å². The lowest BCUT2D eigenvalue weighted by Crippen LogP contribution is -2.46. The first-order chi connectivity index (χ1) is 19.7. The van der Waals surface area contributed by atoms with Gasteiger partial charge in [0.25, 0.3) is 0 Å². The molecule has 1 aliphatic rings. The average Bonchev–Trinajstić information content (AvgIpc) is 3.36. The molecular formula is C30H34ClFN6O3. The van der Waals surface area contributed by atoms with Crippen LogP contribution in [-0.4, -0.2) is 60.6 Å². The Balaban J connectivity index is 1.59. The zero-order valence-electron chi connectivity index (χ0n) is 23.2. The van der Waals surface area contributed by atoms with E-state index >= 15 is 0 Å². The molecule has 1 aromatic heterocycles. The number of ether oxygens (including phenoxy) is 1. The van der Waals surface area contributed by atoms with Crippen LogP contribution in [0.5, 0.6) is 0 Å². The summed E-state index contributed by atoms with van der Waals surface area (Å²) >= 11 is 5.92. The first kappa shape index (κ1) is 30.0. The van der Waals surface area contributed by atoms with Gasteiger partial charge in [-0.25, -0.2) is 9.18 Å². The van der Waals surface area contributed by atoms with Crippen LogP contribution in [-0.2, 0) is 11.8 Å². The number of halogens is 2. The van der Waals surface area contributed by atoms with Gasteiger partial charge >= 0.3 is 6.03 Å². The molecule has 1 fully saturated rings. The number of allylic oxidation sites excluding steroid dienone is 1. The van der Waals surface area contributed by atoms with E-state index in [0.717, 1.165) is 11.3 Å². The molecule has 0 saturated carbocycles. The number of pyridine rings is 1. The molecule has 2 aromatic carbocycles. The Kier molecular flexibility index (Phi) is 9.93. The molecule has 41 heavy (non-hydrogen) atoms. The normalized spacial score (nSPS) is 17.6. The number of benzene rings is 2. The second-order valence-corrected chi connectivity index (χ2v) is 10.4. The van der Waals surface area contributed by atoms with E-state index in [1.807, 2.05) is 30.3 Å². The SMILES string of the molecule is COCCN1CC(c2ccc(Cl)c(F)c2)[C@H](NC(=O)N/C(Nc2ccccc2)=C(\C)C(=N)c2ccc(=O)n(C)c2)C1. The quantitative estimate of drug-likeness (QED) is 0.267. The molecule has 1 unspecified atom stereocenters. The predicted octanol–water partition coefficient (Wildman–Crippen LogP) is 4.30. The molecule has 1 aliphatic heterocycles. The number of para-hydroxylation sites is 1. The highest BCUT2D eigenvalue weighted by molar-refractivity contribution is 6.30. The molecule has 11 heteroatoms. The highest BCUT2D eigenvalue weighted by Gasteiger charge is 2.35. The van der Waals surface area contributed by atoms with Crippen LogP contribution in [0, 0.1) is 11.2 Å². The number of hydrogen-bond donors (Lipinski definition) is 4. The third-order valence-electron chi connectivity index (χ3n) is 7.10. The summed E-state index contributed by atoms with van der Waals surface area (Å²) in [7, 11) is 3.25. The van der Waals surface area contributed by atoms with Gasteiger partial charge in [0.1, 0.15) is 11.6 Å². The zero-order chi connectivity index (χ0) is 29.5. The van der Waals surface area contributed by atoms with E-state index in [9.17, 15) is 14.0 Å². The van der Waals surface area contributed by atoms with Crippen molar-refractivity contribution in [1.82, 2.24) is 20.1 Å². The number of likely N-dealkylation sites (tertiary alicyclic amines) is 1. The number of nitrogens with zero attached hydrogens (tertiary/aromatic N) is 2. The van der Waals surface area contributed by atoms with Crippen LogP contribution in [0.4, 0.5) is 14.9 Å². The standard InChI is InChI=1S/C30H34ClFN6O3/c1-19(28(33)21-10-12-27(39)37(2)16-21)29(34-22-7-5-4-6-8-22)36-30(40)35-26-18-38(13-14-41-3)17-23(26)20-9-11-24(31)25(32)15-20/h4-12,15-16,23,26,33-34H,13-14,17-18H2,1-3H3,(H2,35,36,40)/b29-19+,33-28?/t23?,26-/m1/s1. The van der Waals surface area contributed by atoms with Gasteiger partial charge in [0.2, 0.25) is 5.56 Å². The number of methoxy groups -OCH3 is 1. The van der Waals surface area contributed by atoms with Crippen LogP contribution in [0.15, 0.2) is 83.0 Å². The minimum absolute atomic E-state index is 0.0448. The van der Waals surface area contributed by atoms with Gasteiger partial charge < -0.3 is 19.9 Å². The van der Waals surface area contributed by atoms with Crippen LogP contribution < -0.4 is 21.5 Å². The van der Waals surface area contributed by atoms with Gasteiger partial charge in [-0.2, -0.15) is 0 Å². The maximum Gasteiger partial charge on any atom is 0.320 e. The monoisotopic (exact) mass is 580 g/mol. The number of aromatic nitrogens is 1. The van der Waals surface area contributed by atoms with Crippen molar-refractivity contribution in [2.75, 3.05) is 38.7 Å². The average molecular weight is 581 g/mol. The van der Waals surface area contributed by atoms with E-state index in [0.29, 0.717) is 43.2 Å². The van der Waals surface area contributed by atoms with E-state index in [-0.39, 0.29) is 28.3 Å². The van der Waals surface area contributed by atoms with E-state index in [4.69, 9.17) is 21.7 Å². The number of amides is 2. The highest BCUT2D eigenvalue weighted by atomic mass is 35.5. The van der Waals surface area contributed by atoms with E-state index in [2.05, 4.69) is 20.9 Å². The minimum Gasteiger partial charge on any atom is -0.383 e. The number of nitrogens with one attached hydrogen (secondary N) is 4. The zero-order valence-corrected chi connectivity index (χ0v) is 24.0. The summed E-state index contributed by atoms with van der Waals surface area (Å²) in [6.07, 6.45) is 1.58. The second kappa shape index (κ2) is 13.6. The van der Waals surface area contributed by atoms with Crippen LogP contribution in [0.2, 0.25) is 5.02 Å². The van der Waals surface area contributed by atoms with Crippen molar-refractivity contribution in [3.63, 3.8) is 0 Å². The van der Waals surface area contributed by atoms with Gasteiger partial charge in [-0.1, -0.05) is 35.9 Å². The summed E-state index contributed by atoms with van der Waals surface area (Å²) in [6, 6.07) is 16.2. The summed E-state index contributed by atoms with van der Waals surface area (Å²) < 4.78 is 21.0. The number of urea groups is 1. The Labute approximate surface area is 243 Å². The summed E-state index contributed by atoms with van der Waals surface area (Å²) in [5.74, 6) is -0.368. The topological polar surface area (TPSA) is 111 Å². The number of aryl methyl sites for hydroxylation is 1. The van der Waals surface area contributed by atoms with E-state index in [1.54, 1.807) is 39.4 Å². The van der Waals surface area contributed by atoms with Crippen molar-refractivity contribution in [1.29, 1.82) is 5.41 Å². The summed E-state index contributed by atoms with van der Waals surface area (Å²) in [5, 5.41) is 18.0. The number of hydrogen-bond acceptors (Lipinski definition) is 6. The van der Waals surface area contributed by atoms with Crippen molar-refractivity contribution in [3.05, 3.63) is 111 Å². The third kappa shape index (κ3) is 7.60. The molecular weight excluding hydrogens is 547 g/mol. The Morgan fingerprint density at radius 3 is 2.59 bits per heavy atom. The molecule has 2 amide bonds. The number of rotatable bonds is 10. The molecule has 4 rings (SSSR count). The van der Waals surface area contributed by atoms with Gasteiger partial charge in [-0.3, -0.25) is 20.4 Å². The van der Waals surface area contributed by atoms with Gasteiger partial charge in [0.05, 0.1) is 23.4 Å². The van der Waals surface area contributed by atoms with Gasteiger partial charge in [0, 0.05) is 68.8 Å². The molecule has 216 valence electrons. The molecule has 0 radical (unpaired) electrons. The predicted molar refractivity (Wildman–Crippen MR) is 159 cm³/mol. The molecule has 2 heterocycles. The fraction of sp³-hybridized carbons (Fsp3) is 0.300. The summed E-state index contributed by atoms with van der Waals surface area (Å²) in [5.41, 5.74) is 2.40. The molecule has 2 atom stereocenters. The molecule has 0 bridgehead atoms. The first-order valence-corrected chi connectivity index (χ1v) is 13.6. The smallest absolute Gasteiger partial charge is 0.320 e. The molecule has 0 aliphatic carbocycles. The molecule has 1 saturated heterocycles. The molecule has 3 aromatic rings. The lowest BCUT2D eigenvalue weighted by molar-refractivity contribution is 0.159.